The Hall–Kier alpha value is -1.37. The van der Waals surface area contributed by atoms with Gasteiger partial charge in [-0.3, -0.25) is 4.90 Å². The zero-order chi connectivity index (χ0) is 16.1. The van der Waals surface area contributed by atoms with Gasteiger partial charge in [0.1, 0.15) is 5.82 Å². The standard InChI is InChI=1S/C15H22ClFN4O/c1-19(2)5-6-20-7-9-21(10-8-20)15(22)18-12-3-4-14(17)13(16)11-12/h3-4,11H,5-10H2,1-2H3,(H,18,22). The average molecular weight is 329 g/mol. The summed E-state index contributed by atoms with van der Waals surface area (Å²) in [5, 5.41) is 2.76. The lowest BCUT2D eigenvalue weighted by Crippen LogP contribution is -2.51. The van der Waals surface area contributed by atoms with E-state index in [1.165, 1.54) is 18.2 Å². The minimum atomic E-state index is -0.492. The molecule has 2 rings (SSSR count). The average Bonchev–Trinajstić information content (AvgIpc) is 2.49. The van der Waals surface area contributed by atoms with Gasteiger partial charge in [-0.15, -0.1) is 0 Å². The van der Waals surface area contributed by atoms with Crippen molar-refractivity contribution < 1.29 is 9.18 Å². The van der Waals surface area contributed by atoms with Crippen LogP contribution in [-0.4, -0.2) is 74.1 Å². The molecule has 122 valence electrons. The first-order chi connectivity index (χ1) is 10.5. The highest BCUT2D eigenvalue weighted by Crippen LogP contribution is 2.19. The first-order valence-corrected chi connectivity index (χ1v) is 7.71. The summed E-state index contributed by atoms with van der Waals surface area (Å²) in [7, 11) is 4.11. The van der Waals surface area contributed by atoms with E-state index in [4.69, 9.17) is 11.6 Å². The zero-order valence-electron chi connectivity index (χ0n) is 13.0. The van der Waals surface area contributed by atoms with E-state index >= 15 is 0 Å². The number of halogens is 2. The van der Waals surface area contributed by atoms with Gasteiger partial charge in [0.15, 0.2) is 0 Å². The number of amides is 2. The summed E-state index contributed by atoms with van der Waals surface area (Å²) in [5.41, 5.74) is 0.506. The molecule has 1 fully saturated rings. The van der Waals surface area contributed by atoms with E-state index in [0.717, 1.165) is 26.2 Å². The fourth-order valence-corrected chi connectivity index (χ4v) is 2.47. The summed E-state index contributed by atoms with van der Waals surface area (Å²) in [4.78, 5) is 18.5. The molecule has 1 saturated heterocycles. The molecule has 0 aromatic heterocycles. The Morgan fingerprint density at radius 1 is 1.32 bits per heavy atom. The van der Waals surface area contributed by atoms with Crippen LogP contribution < -0.4 is 5.32 Å². The highest BCUT2D eigenvalue weighted by atomic mass is 35.5. The number of nitrogens with one attached hydrogen (secondary N) is 1. The molecule has 0 atom stereocenters. The highest BCUT2D eigenvalue weighted by Gasteiger charge is 2.21. The predicted octanol–water partition coefficient (Wildman–Crippen LogP) is 2.19. The van der Waals surface area contributed by atoms with E-state index in [-0.39, 0.29) is 11.1 Å². The van der Waals surface area contributed by atoms with Gasteiger partial charge in [-0.25, -0.2) is 9.18 Å². The van der Waals surface area contributed by atoms with Gasteiger partial charge in [0, 0.05) is 45.0 Å². The summed E-state index contributed by atoms with van der Waals surface area (Å²) in [6, 6.07) is 4.00. The fourth-order valence-electron chi connectivity index (χ4n) is 2.29. The minimum absolute atomic E-state index is 0.00584. The van der Waals surface area contributed by atoms with Gasteiger partial charge >= 0.3 is 6.03 Å². The van der Waals surface area contributed by atoms with Crippen molar-refractivity contribution in [2.75, 3.05) is 58.7 Å². The van der Waals surface area contributed by atoms with Gasteiger partial charge in [0.25, 0.3) is 0 Å². The van der Waals surface area contributed by atoms with Gasteiger partial charge in [-0.2, -0.15) is 0 Å². The quantitative estimate of drug-likeness (QED) is 0.921. The molecular formula is C15H22ClFN4O. The van der Waals surface area contributed by atoms with Crippen LogP contribution in [0.2, 0.25) is 5.02 Å². The lowest BCUT2D eigenvalue weighted by molar-refractivity contribution is 0.140. The van der Waals surface area contributed by atoms with Gasteiger partial charge in [0.2, 0.25) is 0 Å². The van der Waals surface area contributed by atoms with Crippen molar-refractivity contribution in [1.82, 2.24) is 14.7 Å². The summed E-state index contributed by atoms with van der Waals surface area (Å²) >= 11 is 5.71. The van der Waals surface area contributed by atoms with Crippen LogP contribution >= 0.6 is 11.6 Å². The number of likely N-dealkylation sites (N-methyl/N-ethyl adjacent to an activating group) is 1. The monoisotopic (exact) mass is 328 g/mol. The first-order valence-electron chi connectivity index (χ1n) is 7.34. The number of hydrogen-bond donors (Lipinski definition) is 1. The van der Waals surface area contributed by atoms with Crippen molar-refractivity contribution in [2.24, 2.45) is 0 Å². The van der Waals surface area contributed by atoms with E-state index in [1.807, 2.05) is 0 Å². The van der Waals surface area contributed by atoms with E-state index in [9.17, 15) is 9.18 Å². The summed E-state index contributed by atoms with van der Waals surface area (Å²) in [6.45, 7) is 5.13. The second-order valence-electron chi connectivity index (χ2n) is 5.69. The Labute approximate surface area is 135 Å². The molecule has 0 saturated carbocycles. The molecule has 1 aromatic carbocycles. The van der Waals surface area contributed by atoms with Crippen molar-refractivity contribution in [3.05, 3.63) is 29.0 Å². The summed E-state index contributed by atoms with van der Waals surface area (Å²) in [5.74, 6) is -0.492. The van der Waals surface area contributed by atoms with Crippen LogP contribution in [0.3, 0.4) is 0 Å². The van der Waals surface area contributed by atoms with Crippen LogP contribution in [0.1, 0.15) is 0 Å². The molecule has 5 nitrogen and oxygen atoms in total. The Kier molecular flexibility index (Phi) is 5.99. The lowest BCUT2D eigenvalue weighted by Gasteiger charge is -2.35. The van der Waals surface area contributed by atoms with E-state index in [2.05, 4.69) is 29.2 Å². The smallest absolute Gasteiger partial charge is 0.321 e. The SMILES string of the molecule is CN(C)CCN1CCN(C(=O)Nc2ccc(F)c(Cl)c2)CC1. The largest absolute Gasteiger partial charge is 0.322 e. The van der Waals surface area contributed by atoms with Crippen molar-refractivity contribution >= 4 is 23.3 Å². The van der Waals surface area contributed by atoms with E-state index in [0.29, 0.717) is 18.8 Å². The number of rotatable bonds is 4. The van der Waals surface area contributed by atoms with Gasteiger partial charge in [0.05, 0.1) is 5.02 Å². The van der Waals surface area contributed by atoms with E-state index in [1.54, 1.807) is 4.90 Å². The molecule has 1 aliphatic heterocycles. The fraction of sp³-hybridized carbons (Fsp3) is 0.533. The topological polar surface area (TPSA) is 38.8 Å². The second-order valence-corrected chi connectivity index (χ2v) is 6.10. The molecule has 0 spiro atoms. The van der Waals surface area contributed by atoms with Gasteiger partial charge in [-0.1, -0.05) is 11.6 Å². The van der Waals surface area contributed by atoms with Crippen molar-refractivity contribution in [3.8, 4) is 0 Å². The number of carbonyl (C=O) groups is 1. The third-order valence-electron chi connectivity index (χ3n) is 3.69. The maximum Gasteiger partial charge on any atom is 0.321 e. The number of anilines is 1. The first kappa shape index (κ1) is 17.0. The molecule has 0 aliphatic carbocycles. The Morgan fingerprint density at radius 2 is 2.00 bits per heavy atom. The molecule has 0 radical (unpaired) electrons. The zero-order valence-corrected chi connectivity index (χ0v) is 13.7. The molecular weight excluding hydrogens is 307 g/mol. The number of piperazine rings is 1. The van der Waals surface area contributed by atoms with E-state index < -0.39 is 5.82 Å². The van der Waals surface area contributed by atoms with Crippen LogP contribution in [0.25, 0.3) is 0 Å². The molecule has 0 bridgehead atoms. The van der Waals surface area contributed by atoms with Crippen LogP contribution in [0, 0.1) is 5.82 Å². The van der Waals surface area contributed by atoms with Crippen LogP contribution in [0.5, 0.6) is 0 Å². The second kappa shape index (κ2) is 7.76. The maximum atomic E-state index is 13.1. The molecule has 2 amide bonds. The van der Waals surface area contributed by atoms with Crippen molar-refractivity contribution in [3.63, 3.8) is 0 Å². The minimum Gasteiger partial charge on any atom is -0.322 e. The Morgan fingerprint density at radius 3 is 2.59 bits per heavy atom. The Bertz CT molecular complexity index is 518. The molecule has 1 N–H and O–H groups in total. The third kappa shape index (κ3) is 4.83. The molecule has 7 heteroatoms. The lowest BCUT2D eigenvalue weighted by atomic mass is 10.3. The normalized spacial score (nSPS) is 16.1. The van der Waals surface area contributed by atoms with Gasteiger partial charge < -0.3 is 15.1 Å². The van der Waals surface area contributed by atoms with Crippen molar-refractivity contribution in [1.29, 1.82) is 0 Å². The molecule has 22 heavy (non-hydrogen) atoms. The number of carbonyl (C=O) groups excluding carboxylic acids is 1. The molecule has 1 aliphatic rings. The maximum absolute atomic E-state index is 13.1. The number of nitrogens with zero attached hydrogens (tertiary/aromatic N) is 3. The molecule has 0 unspecified atom stereocenters. The highest BCUT2D eigenvalue weighted by molar-refractivity contribution is 6.31. The van der Waals surface area contributed by atoms with Gasteiger partial charge in [-0.05, 0) is 32.3 Å². The third-order valence-corrected chi connectivity index (χ3v) is 3.98. The van der Waals surface area contributed by atoms with Crippen molar-refractivity contribution in [2.45, 2.75) is 0 Å². The summed E-state index contributed by atoms with van der Waals surface area (Å²) in [6.07, 6.45) is 0. The molecule has 1 aromatic rings. The number of hydrogen-bond acceptors (Lipinski definition) is 3. The predicted molar refractivity (Wildman–Crippen MR) is 87.0 cm³/mol. The summed E-state index contributed by atoms with van der Waals surface area (Å²) < 4.78 is 13.1. The molecule has 1 heterocycles. The number of urea groups is 1. The number of benzene rings is 1. The van der Waals surface area contributed by atoms with Crippen LogP contribution in [0.15, 0.2) is 18.2 Å². The van der Waals surface area contributed by atoms with Crippen LogP contribution in [-0.2, 0) is 0 Å². The Balaban J connectivity index is 1.81. The van der Waals surface area contributed by atoms with Crippen LogP contribution in [0.4, 0.5) is 14.9 Å².